The molecule has 7 heteroatoms. The van der Waals surface area contributed by atoms with Crippen LogP contribution in [0.3, 0.4) is 0 Å². The highest BCUT2D eigenvalue weighted by atomic mass is 16.5. The van der Waals surface area contributed by atoms with E-state index in [-0.39, 0.29) is 18.6 Å². The maximum atomic E-state index is 11.1. The fourth-order valence-corrected chi connectivity index (χ4v) is 2.11. The molecule has 3 amide bonds. The Bertz CT molecular complexity index is 285. The van der Waals surface area contributed by atoms with Gasteiger partial charge in [-0.05, 0) is 18.8 Å². The minimum atomic E-state index is -0.524. The topological polar surface area (TPSA) is 105 Å². The molecule has 0 radical (unpaired) electrons. The van der Waals surface area contributed by atoms with E-state index in [0.717, 1.165) is 0 Å². The van der Waals surface area contributed by atoms with E-state index in [1.807, 2.05) is 0 Å². The van der Waals surface area contributed by atoms with Crippen molar-refractivity contribution in [1.82, 2.24) is 10.2 Å². The summed E-state index contributed by atoms with van der Waals surface area (Å²) in [6.07, 6.45) is 0.770. The average molecular weight is 245 g/mol. The maximum absolute atomic E-state index is 11.1. The Labute approximate surface area is 99.9 Å². The van der Waals surface area contributed by atoms with E-state index in [0.29, 0.717) is 25.9 Å². The van der Waals surface area contributed by atoms with Crippen LogP contribution in [0.2, 0.25) is 0 Å². The second-order valence-corrected chi connectivity index (χ2v) is 4.19. The number of likely N-dealkylation sites (tertiary alicyclic amines) is 1. The number of methoxy groups -OCH3 is 1. The van der Waals surface area contributed by atoms with Crippen LogP contribution in [-0.4, -0.2) is 55.0 Å². The van der Waals surface area contributed by atoms with Crippen LogP contribution in [0, 0.1) is 5.92 Å². The minimum Gasteiger partial charge on any atom is -0.453 e. The summed E-state index contributed by atoms with van der Waals surface area (Å²) in [5.74, 6) is 0.142. The lowest BCUT2D eigenvalue weighted by Crippen LogP contribution is -2.54. The van der Waals surface area contributed by atoms with E-state index in [1.165, 1.54) is 12.0 Å². The number of amides is 3. The van der Waals surface area contributed by atoms with Gasteiger partial charge in [0.05, 0.1) is 13.2 Å². The molecule has 1 fully saturated rings. The van der Waals surface area contributed by atoms with Gasteiger partial charge in [0.25, 0.3) is 0 Å². The maximum Gasteiger partial charge on any atom is 0.407 e. The van der Waals surface area contributed by atoms with Crippen molar-refractivity contribution in [3.05, 3.63) is 0 Å². The van der Waals surface area contributed by atoms with Gasteiger partial charge in [0.1, 0.15) is 0 Å². The lowest BCUT2D eigenvalue weighted by molar-refractivity contribution is 0.124. The van der Waals surface area contributed by atoms with Crippen LogP contribution in [0.5, 0.6) is 0 Å². The highest BCUT2D eigenvalue weighted by molar-refractivity contribution is 5.72. The number of aliphatic hydroxyl groups is 1. The van der Waals surface area contributed by atoms with Crippen LogP contribution in [0.1, 0.15) is 12.8 Å². The first kappa shape index (κ1) is 13.6. The molecule has 0 aromatic carbocycles. The van der Waals surface area contributed by atoms with Gasteiger partial charge in [-0.2, -0.15) is 0 Å². The smallest absolute Gasteiger partial charge is 0.407 e. The van der Waals surface area contributed by atoms with Crippen molar-refractivity contribution < 1.29 is 19.4 Å². The molecule has 1 rings (SSSR count). The number of carbonyl (C=O) groups excluding carboxylic acids is 2. The Morgan fingerprint density at radius 2 is 2.24 bits per heavy atom. The summed E-state index contributed by atoms with van der Waals surface area (Å²) in [4.78, 5) is 23.7. The summed E-state index contributed by atoms with van der Waals surface area (Å²) in [7, 11) is 1.29. The SMILES string of the molecule is COC(=O)NC1CC(CCO)CN(C(N)=O)C1. The summed E-state index contributed by atoms with van der Waals surface area (Å²) in [5.41, 5.74) is 5.23. The van der Waals surface area contributed by atoms with E-state index < -0.39 is 12.1 Å². The molecule has 0 bridgehead atoms. The molecule has 98 valence electrons. The van der Waals surface area contributed by atoms with E-state index in [9.17, 15) is 9.59 Å². The number of nitrogens with zero attached hydrogens (tertiary/aromatic N) is 1. The van der Waals surface area contributed by atoms with Gasteiger partial charge in [-0.3, -0.25) is 0 Å². The first-order chi connectivity index (χ1) is 8.06. The summed E-state index contributed by atoms with van der Waals surface area (Å²) in [6.45, 7) is 0.962. The zero-order valence-electron chi connectivity index (χ0n) is 9.89. The number of carbonyl (C=O) groups is 2. The quantitative estimate of drug-likeness (QED) is 0.623. The largest absolute Gasteiger partial charge is 0.453 e. The number of hydrogen-bond donors (Lipinski definition) is 3. The van der Waals surface area contributed by atoms with E-state index >= 15 is 0 Å². The van der Waals surface area contributed by atoms with Gasteiger partial charge in [0.15, 0.2) is 0 Å². The number of primary amides is 1. The molecule has 0 aliphatic carbocycles. The number of rotatable bonds is 3. The first-order valence-corrected chi connectivity index (χ1v) is 5.56. The number of nitrogens with two attached hydrogens (primary N) is 1. The monoisotopic (exact) mass is 245 g/mol. The van der Waals surface area contributed by atoms with E-state index in [2.05, 4.69) is 10.1 Å². The van der Waals surface area contributed by atoms with Crippen LogP contribution < -0.4 is 11.1 Å². The molecule has 2 unspecified atom stereocenters. The third-order valence-electron chi connectivity index (χ3n) is 2.89. The number of aliphatic hydroxyl groups excluding tert-OH is 1. The lowest BCUT2D eigenvalue weighted by Gasteiger charge is -2.36. The van der Waals surface area contributed by atoms with Gasteiger partial charge >= 0.3 is 12.1 Å². The second kappa shape index (κ2) is 6.29. The fourth-order valence-electron chi connectivity index (χ4n) is 2.11. The highest BCUT2D eigenvalue weighted by Crippen LogP contribution is 2.19. The van der Waals surface area contributed by atoms with Crippen molar-refractivity contribution in [1.29, 1.82) is 0 Å². The zero-order valence-corrected chi connectivity index (χ0v) is 9.89. The number of ether oxygens (including phenoxy) is 1. The molecule has 2 atom stereocenters. The molecule has 4 N–H and O–H groups in total. The molecule has 0 aromatic heterocycles. The molecular formula is C10H19N3O4. The third-order valence-corrected chi connectivity index (χ3v) is 2.89. The second-order valence-electron chi connectivity index (χ2n) is 4.19. The van der Waals surface area contributed by atoms with Crippen molar-refractivity contribution >= 4 is 12.1 Å². The molecule has 0 aromatic rings. The van der Waals surface area contributed by atoms with Crippen molar-refractivity contribution in [2.24, 2.45) is 11.7 Å². The van der Waals surface area contributed by atoms with Crippen molar-refractivity contribution in [2.45, 2.75) is 18.9 Å². The van der Waals surface area contributed by atoms with Gasteiger partial charge in [0, 0.05) is 19.7 Å². The summed E-state index contributed by atoms with van der Waals surface area (Å²) in [5, 5.41) is 11.6. The van der Waals surface area contributed by atoms with Crippen LogP contribution in [-0.2, 0) is 4.74 Å². The molecule has 0 saturated carbocycles. The normalized spacial score (nSPS) is 24.2. The fraction of sp³-hybridized carbons (Fsp3) is 0.800. The number of nitrogens with one attached hydrogen (secondary N) is 1. The van der Waals surface area contributed by atoms with Crippen molar-refractivity contribution in [3.63, 3.8) is 0 Å². The van der Waals surface area contributed by atoms with Gasteiger partial charge in [-0.1, -0.05) is 0 Å². The van der Waals surface area contributed by atoms with Crippen LogP contribution in [0.25, 0.3) is 0 Å². The Kier molecular flexibility index (Phi) is 5.02. The molecule has 7 nitrogen and oxygen atoms in total. The van der Waals surface area contributed by atoms with Crippen molar-refractivity contribution in [2.75, 3.05) is 26.8 Å². The van der Waals surface area contributed by atoms with Gasteiger partial charge in [-0.25, -0.2) is 9.59 Å². The molecule has 0 spiro atoms. The van der Waals surface area contributed by atoms with Crippen LogP contribution in [0.4, 0.5) is 9.59 Å². The molecular weight excluding hydrogens is 226 g/mol. The summed E-state index contributed by atoms with van der Waals surface area (Å²) in [6, 6.07) is -0.690. The van der Waals surface area contributed by atoms with Gasteiger partial charge < -0.3 is 25.8 Å². The third kappa shape index (κ3) is 4.10. The molecule has 17 heavy (non-hydrogen) atoms. The molecule has 1 heterocycles. The minimum absolute atomic E-state index is 0.0578. The number of hydrogen-bond acceptors (Lipinski definition) is 4. The summed E-state index contributed by atoms with van der Waals surface area (Å²) < 4.78 is 4.51. The predicted molar refractivity (Wildman–Crippen MR) is 60.3 cm³/mol. The molecule has 1 aliphatic heterocycles. The van der Waals surface area contributed by atoms with E-state index in [1.54, 1.807) is 0 Å². The molecule has 1 aliphatic rings. The molecule has 1 saturated heterocycles. The van der Waals surface area contributed by atoms with Gasteiger partial charge in [-0.15, -0.1) is 0 Å². The Hall–Kier alpha value is -1.50. The van der Waals surface area contributed by atoms with Gasteiger partial charge in [0.2, 0.25) is 0 Å². The Balaban J connectivity index is 2.58. The first-order valence-electron chi connectivity index (χ1n) is 5.56. The number of piperidine rings is 1. The predicted octanol–water partition coefficient (Wildman–Crippen LogP) is -0.506. The Morgan fingerprint density at radius 3 is 2.76 bits per heavy atom. The van der Waals surface area contributed by atoms with Crippen LogP contribution >= 0.6 is 0 Å². The summed E-state index contributed by atoms with van der Waals surface area (Å²) >= 11 is 0. The average Bonchev–Trinajstić information content (AvgIpc) is 2.29. The number of alkyl carbamates (subject to hydrolysis) is 1. The standard InChI is InChI=1S/C10H19N3O4/c1-17-10(16)12-8-4-7(2-3-14)5-13(6-8)9(11)15/h7-8,14H,2-6H2,1H3,(H2,11,15)(H,12,16). The number of urea groups is 1. The zero-order chi connectivity index (χ0) is 12.8. The van der Waals surface area contributed by atoms with Crippen LogP contribution in [0.15, 0.2) is 0 Å². The van der Waals surface area contributed by atoms with Crippen molar-refractivity contribution in [3.8, 4) is 0 Å². The lowest BCUT2D eigenvalue weighted by atomic mass is 9.92. The Morgan fingerprint density at radius 1 is 1.53 bits per heavy atom. The highest BCUT2D eigenvalue weighted by Gasteiger charge is 2.29. The van der Waals surface area contributed by atoms with E-state index in [4.69, 9.17) is 10.8 Å².